The van der Waals surface area contributed by atoms with E-state index in [1.807, 2.05) is 24.4 Å². The van der Waals surface area contributed by atoms with Crippen LogP contribution in [0.25, 0.3) is 0 Å². The van der Waals surface area contributed by atoms with Gasteiger partial charge in [0.2, 0.25) is 0 Å². The Morgan fingerprint density at radius 2 is 2.19 bits per heavy atom. The van der Waals surface area contributed by atoms with E-state index in [4.69, 9.17) is 0 Å². The number of rotatable bonds is 3. The molecule has 0 aliphatic heterocycles. The van der Waals surface area contributed by atoms with Gasteiger partial charge in [0.1, 0.15) is 5.82 Å². The Kier molecular flexibility index (Phi) is 3.31. The van der Waals surface area contributed by atoms with Gasteiger partial charge in [-0.25, -0.2) is 4.39 Å². The Hall–Kier alpha value is -1.68. The Morgan fingerprint density at radius 3 is 2.88 bits per heavy atom. The van der Waals surface area contributed by atoms with Gasteiger partial charge in [0.05, 0.1) is 11.4 Å². The minimum absolute atomic E-state index is 0.269. The highest BCUT2D eigenvalue weighted by Crippen LogP contribution is 2.12. The molecule has 1 aromatic carbocycles. The van der Waals surface area contributed by atoms with Crippen molar-refractivity contribution in [1.82, 2.24) is 0 Å². The van der Waals surface area contributed by atoms with Crippen LogP contribution in [0.2, 0.25) is 0 Å². The van der Waals surface area contributed by atoms with Crippen molar-refractivity contribution >= 4 is 22.7 Å². The highest BCUT2D eigenvalue weighted by Gasteiger charge is 1.98. The molecule has 0 spiro atoms. The highest BCUT2D eigenvalue weighted by molar-refractivity contribution is 7.12. The van der Waals surface area contributed by atoms with E-state index in [1.54, 1.807) is 23.5 Å². The summed E-state index contributed by atoms with van der Waals surface area (Å²) in [7, 11) is 0. The zero-order chi connectivity index (χ0) is 11.4. The molecule has 0 aliphatic carbocycles. The molecule has 0 radical (unpaired) electrons. The lowest BCUT2D eigenvalue weighted by Gasteiger charge is -2.01. The third-order valence-corrected chi connectivity index (χ3v) is 3.03. The molecule has 4 heteroatoms. The first-order valence-electron chi connectivity index (χ1n) is 4.85. The second-order valence-corrected chi connectivity index (χ2v) is 4.24. The SMILES string of the molecule is CC(=NNc1cccc(F)c1)c1cccs1. The van der Waals surface area contributed by atoms with Gasteiger partial charge in [0.25, 0.3) is 0 Å². The van der Waals surface area contributed by atoms with Crippen LogP contribution in [-0.2, 0) is 0 Å². The minimum atomic E-state index is -0.269. The van der Waals surface area contributed by atoms with E-state index in [9.17, 15) is 4.39 Å². The monoisotopic (exact) mass is 234 g/mol. The maximum atomic E-state index is 12.9. The van der Waals surface area contributed by atoms with Crippen LogP contribution in [0.1, 0.15) is 11.8 Å². The van der Waals surface area contributed by atoms with Crippen molar-refractivity contribution in [2.24, 2.45) is 5.10 Å². The van der Waals surface area contributed by atoms with Gasteiger partial charge < -0.3 is 0 Å². The van der Waals surface area contributed by atoms with Gasteiger partial charge in [-0.15, -0.1) is 11.3 Å². The van der Waals surface area contributed by atoms with Crippen LogP contribution < -0.4 is 5.43 Å². The van der Waals surface area contributed by atoms with Crippen molar-refractivity contribution < 1.29 is 4.39 Å². The highest BCUT2D eigenvalue weighted by atomic mass is 32.1. The number of anilines is 1. The third-order valence-electron chi connectivity index (χ3n) is 2.06. The molecule has 2 nitrogen and oxygen atoms in total. The smallest absolute Gasteiger partial charge is 0.125 e. The summed E-state index contributed by atoms with van der Waals surface area (Å²) in [5.41, 5.74) is 4.37. The number of thiophene rings is 1. The van der Waals surface area contributed by atoms with Crippen molar-refractivity contribution in [1.29, 1.82) is 0 Å². The summed E-state index contributed by atoms with van der Waals surface area (Å²) in [5.74, 6) is -0.269. The number of halogens is 1. The van der Waals surface area contributed by atoms with Gasteiger partial charge in [0, 0.05) is 4.88 Å². The van der Waals surface area contributed by atoms with E-state index in [0.29, 0.717) is 5.69 Å². The quantitative estimate of drug-likeness (QED) is 0.635. The first-order chi connectivity index (χ1) is 7.75. The summed E-state index contributed by atoms with van der Waals surface area (Å²) >= 11 is 1.62. The van der Waals surface area contributed by atoms with Crippen molar-refractivity contribution in [3.05, 3.63) is 52.5 Å². The maximum Gasteiger partial charge on any atom is 0.125 e. The van der Waals surface area contributed by atoms with Gasteiger partial charge in [0.15, 0.2) is 0 Å². The zero-order valence-electron chi connectivity index (χ0n) is 8.77. The van der Waals surface area contributed by atoms with E-state index >= 15 is 0 Å². The van der Waals surface area contributed by atoms with Crippen LogP contribution in [0.5, 0.6) is 0 Å². The molecule has 0 bridgehead atoms. The van der Waals surface area contributed by atoms with Crippen LogP contribution in [0.4, 0.5) is 10.1 Å². The molecule has 0 fully saturated rings. The Morgan fingerprint density at radius 1 is 1.31 bits per heavy atom. The van der Waals surface area contributed by atoms with Crippen molar-refractivity contribution in [2.45, 2.75) is 6.92 Å². The molecule has 2 rings (SSSR count). The van der Waals surface area contributed by atoms with Crippen molar-refractivity contribution in [2.75, 3.05) is 5.43 Å². The predicted molar refractivity (Wildman–Crippen MR) is 66.6 cm³/mol. The molecule has 2 aromatic rings. The molecule has 16 heavy (non-hydrogen) atoms. The first kappa shape index (κ1) is 10.8. The number of benzene rings is 1. The van der Waals surface area contributed by atoms with Crippen LogP contribution >= 0.6 is 11.3 Å². The number of nitrogens with one attached hydrogen (secondary N) is 1. The molecule has 0 aliphatic rings. The van der Waals surface area contributed by atoms with Gasteiger partial charge in [-0.3, -0.25) is 5.43 Å². The van der Waals surface area contributed by atoms with Gasteiger partial charge in [-0.2, -0.15) is 5.10 Å². The van der Waals surface area contributed by atoms with E-state index in [1.165, 1.54) is 12.1 Å². The molecule has 0 saturated carbocycles. The van der Waals surface area contributed by atoms with Gasteiger partial charge >= 0.3 is 0 Å². The predicted octanol–water partition coefficient (Wildman–Crippen LogP) is 3.72. The lowest BCUT2D eigenvalue weighted by molar-refractivity contribution is 0.628. The van der Waals surface area contributed by atoms with Crippen molar-refractivity contribution in [3.63, 3.8) is 0 Å². The van der Waals surface area contributed by atoms with Crippen LogP contribution in [0.15, 0.2) is 46.9 Å². The lowest BCUT2D eigenvalue weighted by atomic mass is 10.3. The molecule has 1 N–H and O–H groups in total. The van der Waals surface area contributed by atoms with E-state index in [0.717, 1.165) is 10.6 Å². The fourth-order valence-corrected chi connectivity index (χ4v) is 1.92. The van der Waals surface area contributed by atoms with Crippen LogP contribution in [0.3, 0.4) is 0 Å². The fraction of sp³-hybridized carbons (Fsp3) is 0.0833. The molecule has 0 saturated heterocycles. The Labute approximate surface area is 97.4 Å². The van der Waals surface area contributed by atoms with Gasteiger partial charge in [-0.1, -0.05) is 12.1 Å². The van der Waals surface area contributed by atoms with Crippen LogP contribution in [0, 0.1) is 5.82 Å². The normalized spacial score (nSPS) is 11.5. The summed E-state index contributed by atoms with van der Waals surface area (Å²) in [5, 5.41) is 6.18. The number of hydrazone groups is 1. The van der Waals surface area contributed by atoms with Crippen molar-refractivity contribution in [3.8, 4) is 0 Å². The molecule has 0 unspecified atom stereocenters. The maximum absolute atomic E-state index is 12.9. The molecule has 82 valence electrons. The topological polar surface area (TPSA) is 24.4 Å². The molecule has 1 aromatic heterocycles. The molecule has 0 atom stereocenters. The summed E-state index contributed by atoms with van der Waals surface area (Å²) in [6, 6.07) is 10.2. The zero-order valence-corrected chi connectivity index (χ0v) is 9.59. The van der Waals surface area contributed by atoms with Crippen LogP contribution in [-0.4, -0.2) is 5.71 Å². The summed E-state index contributed by atoms with van der Waals surface area (Å²) in [4.78, 5) is 1.10. The average Bonchev–Trinajstić information content (AvgIpc) is 2.79. The number of hydrogen-bond donors (Lipinski definition) is 1. The largest absolute Gasteiger partial charge is 0.278 e. The third kappa shape index (κ3) is 2.67. The van der Waals surface area contributed by atoms with E-state index in [-0.39, 0.29) is 5.82 Å². The molecule has 0 amide bonds. The summed E-state index contributed by atoms with van der Waals surface area (Å²) < 4.78 is 12.9. The molecule has 1 heterocycles. The fourth-order valence-electron chi connectivity index (χ4n) is 1.25. The summed E-state index contributed by atoms with van der Waals surface area (Å²) in [6.07, 6.45) is 0. The first-order valence-corrected chi connectivity index (χ1v) is 5.73. The average molecular weight is 234 g/mol. The van der Waals surface area contributed by atoms with E-state index in [2.05, 4.69) is 10.5 Å². The Bertz CT molecular complexity index is 491. The standard InChI is InChI=1S/C12H11FN2S/c1-9(12-6-3-7-16-12)14-15-11-5-2-4-10(13)8-11/h2-8,15H,1H3. The molecular formula is C12H11FN2S. The van der Waals surface area contributed by atoms with E-state index < -0.39 is 0 Å². The minimum Gasteiger partial charge on any atom is -0.278 e. The number of nitrogens with zero attached hydrogens (tertiary/aromatic N) is 1. The molecular weight excluding hydrogens is 223 g/mol. The second-order valence-electron chi connectivity index (χ2n) is 3.30. The second kappa shape index (κ2) is 4.90. The number of hydrogen-bond acceptors (Lipinski definition) is 3. The van der Waals surface area contributed by atoms with Gasteiger partial charge in [-0.05, 0) is 36.6 Å². The Balaban J connectivity index is 2.09. The lowest BCUT2D eigenvalue weighted by Crippen LogP contribution is -1.97. The summed E-state index contributed by atoms with van der Waals surface area (Å²) in [6.45, 7) is 1.91.